The molecule has 2 nitrogen and oxygen atoms in total. The Kier molecular flexibility index (Phi) is 5.07. The van der Waals surface area contributed by atoms with Crippen molar-refractivity contribution in [3.05, 3.63) is 69.7 Å². The zero-order valence-corrected chi connectivity index (χ0v) is 12.6. The maximum Gasteiger partial charge on any atom is 0.307 e. The summed E-state index contributed by atoms with van der Waals surface area (Å²) < 4.78 is 27.7. The van der Waals surface area contributed by atoms with Crippen LogP contribution in [0.25, 0.3) is 0 Å². The lowest BCUT2D eigenvalue weighted by molar-refractivity contribution is -0.141. The summed E-state index contributed by atoms with van der Waals surface area (Å²) in [6.45, 7) is 0. The summed E-state index contributed by atoms with van der Waals surface area (Å²) in [5.41, 5.74) is 0.918. The third kappa shape index (κ3) is 4.36. The fourth-order valence-electron chi connectivity index (χ4n) is 2.12. The zero-order valence-electron chi connectivity index (χ0n) is 11.0. The van der Waals surface area contributed by atoms with E-state index < -0.39 is 23.5 Å². The second-order valence-electron chi connectivity index (χ2n) is 4.81. The average molecular weight is 355 g/mol. The number of carbonyl (C=O) groups is 1. The summed E-state index contributed by atoms with van der Waals surface area (Å²) in [6, 6.07) is 10.3. The molecule has 1 atom stereocenters. The molecule has 110 valence electrons. The lowest BCUT2D eigenvalue weighted by Gasteiger charge is -2.13. The number of hydrogen-bond acceptors (Lipinski definition) is 1. The molecule has 0 aliphatic rings. The minimum absolute atomic E-state index is 0.0466. The summed E-state index contributed by atoms with van der Waals surface area (Å²) in [6.07, 6.45) is 0.216. The van der Waals surface area contributed by atoms with Gasteiger partial charge in [0.05, 0.1) is 5.92 Å². The van der Waals surface area contributed by atoms with Gasteiger partial charge in [0, 0.05) is 4.47 Å². The average Bonchev–Trinajstić information content (AvgIpc) is 2.44. The Hall–Kier alpha value is -1.75. The van der Waals surface area contributed by atoms with E-state index in [9.17, 15) is 18.7 Å². The largest absolute Gasteiger partial charge is 0.481 e. The number of rotatable bonds is 5. The molecule has 2 aromatic rings. The Bertz CT molecular complexity index is 641. The number of aliphatic carboxylic acids is 1. The van der Waals surface area contributed by atoms with Gasteiger partial charge in [0.15, 0.2) is 0 Å². The van der Waals surface area contributed by atoms with Crippen molar-refractivity contribution in [2.45, 2.75) is 12.8 Å². The van der Waals surface area contributed by atoms with Crippen LogP contribution in [0, 0.1) is 17.6 Å². The maximum absolute atomic E-state index is 13.6. The van der Waals surface area contributed by atoms with E-state index in [4.69, 9.17) is 0 Å². The van der Waals surface area contributed by atoms with E-state index in [2.05, 4.69) is 15.9 Å². The van der Waals surface area contributed by atoms with Gasteiger partial charge in [-0.15, -0.1) is 0 Å². The van der Waals surface area contributed by atoms with Crippen LogP contribution in [0.15, 0.2) is 46.9 Å². The Morgan fingerprint density at radius 3 is 2.38 bits per heavy atom. The van der Waals surface area contributed by atoms with E-state index in [0.717, 1.165) is 28.2 Å². The minimum Gasteiger partial charge on any atom is -0.481 e. The van der Waals surface area contributed by atoms with Crippen molar-refractivity contribution in [2.24, 2.45) is 5.92 Å². The van der Waals surface area contributed by atoms with Gasteiger partial charge >= 0.3 is 5.97 Å². The molecule has 0 aliphatic carbocycles. The predicted molar refractivity (Wildman–Crippen MR) is 79.0 cm³/mol. The van der Waals surface area contributed by atoms with Crippen molar-refractivity contribution in [2.75, 3.05) is 0 Å². The molecular formula is C16H13BrF2O2. The van der Waals surface area contributed by atoms with Crippen LogP contribution in [0.2, 0.25) is 0 Å². The van der Waals surface area contributed by atoms with Crippen molar-refractivity contribution in [3.63, 3.8) is 0 Å². The predicted octanol–water partition coefficient (Wildman–Crippen LogP) is 4.21. The van der Waals surface area contributed by atoms with E-state index in [1.165, 1.54) is 0 Å². The van der Waals surface area contributed by atoms with E-state index in [1.54, 1.807) is 0 Å². The van der Waals surface area contributed by atoms with E-state index in [0.29, 0.717) is 0 Å². The summed E-state index contributed by atoms with van der Waals surface area (Å²) >= 11 is 3.30. The molecule has 1 unspecified atom stereocenters. The monoisotopic (exact) mass is 354 g/mol. The first-order chi connectivity index (χ1) is 9.95. The van der Waals surface area contributed by atoms with Gasteiger partial charge in [-0.3, -0.25) is 4.79 Å². The molecule has 1 N–H and O–H groups in total. The van der Waals surface area contributed by atoms with Gasteiger partial charge in [0.2, 0.25) is 0 Å². The third-order valence-corrected chi connectivity index (χ3v) is 3.75. The van der Waals surface area contributed by atoms with Crippen molar-refractivity contribution in [3.8, 4) is 0 Å². The molecule has 0 saturated carbocycles. The SMILES string of the molecule is O=C(O)C(Cc1ccc(Br)cc1)Cc1cc(F)ccc1F. The van der Waals surface area contributed by atoms with Crippen molar-refractivity contribution >= 4 is 21.9 Å². The van der Waals surface area contributed by atoms with Gasteiger partial charge in [-0.25, -0.2) is 8.78 Å². The second kappa shape index (κ2) is 6.80. The Morgan fingerprint density at radius 2 is 1.76 bits per heavy atom. The topological polar surface area (TPSA) is 37.3 Å². The molecular weight excluding hydrogens is 342 g/mol. The molecule has 0 saturated heterocycles. The summed E-state index contributed by atoms with van der Waals surface area (Å²) in [5, 5.41) is 9.29. The first kappa shape index (κ1) is 15.6. The fourth-order valence-corrected chi connectivity index (χ4v) is 2.38. The van der Waals surface area contributed by atoms with Crippen molar-refractivity contribution in [1.82, 2.24) is 0 Å². The summed E-state index contributed by atoms with van der Waals surface area (Å²) in [5.74, 6) is -2.98. The number of benzene rings is 2. The van der Waals surface area contributed by atoms with Crippen LogP contribution in [0.3, 0.4) is 0 Å². The normalized spacial score (nSPS) is 12.1. The molecule has 0 fully saturated rings. The van der Waals surface area contributed by atoms with E-state index >= 15 is 0 Å². The molecule has 0 bridgehead atoms. The summed E-state index contributed by atoms with van der Waals surface area (Å²) in [4.78, 5) is 11.3. The molecule has 0 aliphatic heterocycles. The van der Waals surface area contributed by atoms with Gasteiger partial charge in [-0.05, 0) is 54.3 Å². The zero-order chi connectivity index (χ0) is 15.4. The van der Waals surface area contributed by atoms with Crippen LogP contribution in [0.4, 0.5) is 8.78 Å². The smallest absolute Gasteiger partial charge is 0.307 e. The first-order valence-corrected chi connectivity index (χ1v) is 7.16. The Labute approximate surface area is 129 Å². The third-order valence-electron chi connectivity index (χ3n) is 3.22. The van der Waals surface area contributed by atoms with Gasteiger partial charge in [-0.1, -0.05) is 28.1 Å². The molecule has 2 aromatic carbocycles. The minimum atomic E-state index is -1.03. The molecule has 0 aromatic heterocycles. The van der Waals surface area contributed by atoms with Gasteiger partial charge < -0.3 is 5.11 Å². The highest BCUT2D eigenvalue weighted by molar-refractivity contribution is 9.10. The number of carboxylic acid groups (broad SMARTS) is 1. The van der Waals surface area contributed by atoms with Crippen LogP contribution in [-0.2, 0) is 17.6 Å². The lowest BCUT2D eigenvalue weighted by Crippen LogP contribution is -2.19. The van der Waals surface area contributed by atoms with Crippen LogP contribution >= 0.6 is 15.9 Å². The summed E-state index contributed by atoms with van der Waals surface area (Å²) in [7, 11) is 0. The van der Waals surface area contributed by atoms with Gasteiger partial charge in [0.25, 0.3) is 0 Å². The Balaban J connectivity index is 2.17. The van der Waals surface area contributed by atoms with Crippen molar-refractivity contribution < 1.29 is 18.7 Å². The van der Waals surface area contributed by atoms with E-state index in [1.807, 2.05) is 24.3 Å². The maximum atomic E-state index is 13.6. The standard InChI is InChI=1S/C16H13BrF2O2/c17-13-3-1-10(2-4-13)7-12(16(20)21)8-11-9-14(18)5-6-15(11)19/h1-6,9,12H,7-8H2,(H,20,21). The quantitative estimate of drug-likeness (QED) is 0.872. The van der Waals surface area contributed by atoms with Gasteiger partial charge in [0.1, 0.15) is 11.6 Å². The number of hydrogen-bond donors (Lipinski definition) is 1. The fraction of sp³-hybridized carbons (Fsp3) is 0.188. The van der Waals surface area contributed by atoms with E-state index in [-0.39, 0.29) is 18.4 Å². The van der Waals surface area contributed by atoms with Gasteiger partial charge in [-0.2, -0.15) is 0 Å². The first-order valence-electron chi connectivity index (χ1n) is 6.37. The molecule has 5 heteroatoms. The molecule has 0 heterocycles. The van der Waals surface area contributed by atoms with Crippen LogP contribution in [-0.4, -0.2) is 11.1 Å². The highest BCUT2D eigenvalue weighted by Gasteiger charge is 2.20. The van der Waals surface area contributed by atoms with Crippen molar-refractivity contribution in [1.29, 1.82) is 0 Å². The molecule has 0 radical (unpaired) electrons. The lowest BCUT2D eigenvalue weighted by atomic mass is 9.92. The highest BCUT2D eigenvalue weighted by atomic mass is 79.9. The molecule has 2 rings (SSSR count). The van der Waals surface area contributed by atoms with Crippen LogP contribution < -0.4 is 0 Å². The van der Waals surface area contributed by atoms with Crippen LogP contribution in [0.1, 0.15) is 11.1 Å². The number of halogens is 3. The Morgan fingerprint density at radius 1 is 1.10 bits per heavy atom. The molecule has 21 heavy (non-hydrogen) atoms. The number of carboxylic acids is 1. The highest BCUT2D eigenvalue weighted by Crippen LogP contribution is 2.20. The van der Waals surface area contributed by atoms with Crippen LogP contribution in [0.5, 0.6) is 0 Å². The second-order valence-corrected chi connectivity index (χ2v) is 5.72. The molecule has 0 amide bonds. The molecule has 0 spiro atoms.